The van der Waals surface area contributed by atoms with E-state index >= 15 is 0 Å². The van der Waals surface area contributed by atoms with Gasteiger partial charge in [0.05, 0.1) is 26.8 Å². The predicted molar refractivity (Wildman–Crippen MR) is 115 cm³/mol. The molecule has 0 saturated carbocycles. The molecule has 0 atom stereocenters. The summed E-state index contributed by atoms with van der Waals surface area (Å²) in [4.78, 5) is 40.7. The van der Waals surface area contributed by atoms with Crippen molar-refractivity contribution in [1.29, 1.82) is 0 Å². The van der Waals surface area contributed by atoms with Gasteiger partial charge in [0.1, 0.15) is 4.83 Å². The first kappa shape index (κ1) is 19.1. The Morgan fingerprint density at radius 2 is 1.86 bits per heavy atom. The predicted octanol–water partition coefficient (Wildman–Crippen LogP) is 4.77. The standard InChI is InChI=1S/C19H12Cl2N2O3S2/c1-10-7-13-17(25)23(12-4-2-3-11(20)8-12)19(26)22(18(13)27-10)9-14(24)15-5-6-16(21)28-15/h2-8H,9H2,1H3. The zero-order chi connectivity index (χ0) is 20.0. The van der Waals surface area contributed by atoms with Crippen molar-refractivity contribution in [3.63, 3.8) is 0 Å². The third-order valence-electron chi connectivity index (χ3n) is 4.15. The summed E-state index contributed by atoms with van der Waals surface area (Å²) in [5.74, 6) is -0.248. The monoisotopic (exact) mass is 450 g/mol. The number of rotatable bonds is 4. The number of hydrogen-bond donors (Lipinski definition) is 0. The fourth-order valence-electron chi connectivity index (χ4n) is 2.94. The first-order valence-electron chi connectivity index (χ1n) is 8.15. The van der Waals surface area contributed by atoms with Crippen LogP contribution in [0.4, 0.5) is 0 Å². The molecule has 0 fully saturated rings. The van der Waals surface area contributed by atoms with E-state index in [1.807, 2.05) is 6.92 Å². The van der Waals surface area contributed by atoms with Crippen LogP contribution in [-0.2, 0) is 6.54 Å². The van der Waals surface area contributed by atoms with E-state index in [4.69, 9.17) is 23.2 Å². The van der Waals surface area contributed by atoms with Gasteiger partial charge in [-0.3, -0.25) is 14.2 Å². The Bertz CT molecular complexity index is 1350. The molecule has 0 spiro atoms. The number of ketones is 1. The summed E-state index contributed by atoms with van der Waals surface area (Å²) in [7, 11) is 0. The quantitative estimate of drug-likeness (QED) is 0.420. The van der Waals surface area contributed by atoms with E-state index in [9.17, 15) is 14.4 Å². The molecule has 5 nitrogen and oxygen atoms in total. The molecule has 1 aromatic carbocycles. The molecule has 0 aliphatic rings. The van der Waals surface area contributed by atoms with Crippen LogP contribution in [-0.4, -0.2) is 14.9 Å². The van der Waals surface area contributed by atoms with E-state index < -0.39 is 11.2 Å². The van der Waals surface area contributed by atoms with Gasteiger partial charge in [0.25, 0.3) is 5.56 Å². The van der Waals surface area contributed by atoms with Gasteiger partial charge in [-0.1, -0.05) is 29.3 Å². The van der Waals surface area contributed by atoms with Crippen LogP contribution < -0.4 is 11.2 Å². The smallest absolute Gasteiger partial charge is 0.291 e. The molecule has 9 heteroatoms. The van der Waals surface area contributed by atoms with Crippen molar-refractivity contribution >= 4 is 61.9 Å². The zero-order valence-electron chi connectivity index (χ0n) is 14.4. The van der Waals surface area contributed by atoms with Crippen LogP contribution in [0.25, 0.3) is 15.9 Å². The number of carbonyl (C=O) groups excluding carboxylic acids is 1. The fourth-order valence-corrected chi connectivity index (χ4v) is 5.09. The number of hydrogen-bond acceptors (Lipinski definition) is 5. The van der Waals surface area contributed by atoms with Gasteiger partial charge in [-0.25, -0.2) is 9.36 Å². The number of Topliss-reactive ketones (excluding diaryl/α,β-unsaturated/α-hetero) is 1. The molecule has 28 heavy (non-hydrogen) atoms. The first-order valence-corrected chi connectivity index (χ1v) is 10.5. The van der Waals surface area contributed by atoms with Crippen molar-refractivity contribution in [2.75, 3.05) is 0 Å². The topological polar surface area (TPSA) is 61.1 Å². The van der Waals surface area contributed by atoms with E-state index in [0.29, 0.717) is 30.1 Å². The summed E-state index contributed by atoms with van der Waals surface area (Å²) < 4.78 is 2.89. The third-order valence-corrected chi connectivity index (χ3v) is 6.73. The molecule has 4 rings (SSSR count). The molecule has 0 unspecified atom stereocenters. The number of halogens is 2. The second-order valence-electron chi connectivity index (χ2n) is 6.09. The molecular weight excluding hydrogens is 439 g/mol. The Labute approximate surface area is 177 Å². The average Bonchev–Trinajstić information content (AvgIpc) is 3.24. The highest BCUT2D eigenvalue weighted by molar-refractivity contribution is 7.18. The van der Waals surface area contributed by atoms with Crippen molar-refractivity contribution in [2.24, 2.45) is 0 Å². The maximum Gasteiger partial charge on any atom is 0.337 e. The van der Waals surface area contributed by atoms with Crippen molar-refractivity contribution < 1.29 is 4.79 Å². The molecule has 3 heterocycles. The fraction of sp³-hybridized carbons (Fsp3) is 0.105. The van der Waals surface area contributed by atoms with Gasteiger partial charge in [0, 0.05) is 9.90 Å². The van der Waals surface area contributed by atoms with Crippen LogP contribution in [0.2, 0.25) is 9.36 Å². The van der Waals surface area contributed by atoms with Gasteiger partial charge < -0.3 is 0 Å². The molecule has 0 saturated heterocycles. The highest BCUT2D eigenvalue weighted by Gasteiger charge is 2.20. The summed E-state index contributed by atoms with van der Waals surface area (Å²) in [6.45, 7) is 1.66. The van der Waals surface area contributed by atoms with Gasteiger partial charge in [-0.05, 0) is 43.3 Å². The minimum atomic E-state index is -0.586. The SMILES string of the molecule is Cc1cc2c(=O)n(-c3cccc(Cl)c3)c(=O)n(CC(=O)c3ccc(Cl)s3)c2s1. The van der Waals surface area contributed by atoms with Crippen LogP contribution in [0.15, 0.2) is 52.1 Å². The highest BCUT2D eigenvalue weighted by Crippen LogP contribution is 2.25. The van der Waals surface area contributed by atoms with Gasteiger partial charge in [0.15, 0.2) is 5.78 Å². The van der Waals surface area contributed by atoms with E-state index in [0.717, 1.165) is 20.8 Å². The first-order chi connectivity index (χ1) is 13.3. The van der Waals surface area contributed by atoms with E-state index in [1.54, 1.807) is 42.5 Å². The number of aryl methyl sites for hydroxylation is 1. The Balaban J connectivity index is 1.96. The molecule has 0 N–H and O–H groups in total. The summed E-state index contributed by atoms with van der Waals surface area (Å²) in [5.41, 5.74) is -0.666. The number of carbonyl (C=O) groups is 1. The number of aromatic nitrogens is 2. The Kier molecular flexibility index (Phi) is 5.01. The zero-order valence-corrected chi connectivity index (χ0v) is 17.6. The Morgan fingerprint density at radius 3 is 2.54 bits per heavy atom. The van der Waals surface area contributed by atoms with Gasteiger partial charge in [0.2, 0.25) is 0 Å². The maximum absolute atomic E-state index is 13.2. The summed E-state index contributed by atoms with van der Waals surface area (Å²) >= 11 is 14.4. The van der Waals surface area contributed by atoms with Crippen molar-refractivity contribution in [3.05, 3.63) is 82.4 Å². The molecule has 142 valence electrons. The third kappa shape index (κ3) is 3.35. The van der Waals surface area contributed by atoms with Gasteiger partial charge >= 0.3 is 5.69 Å². The minimum absolute atomic E-state index is 0.188. The van der Waals surface area contributed by atoms with Crippen molar-refractivity contribution in [3.8, 4) is 5.69 Å². The molecule has 0 bridgehead atoms. The highest BCUT2D eigenvalue weighted by atomic mass is 35.5. The summed E-state index contributed by atoms with van der Waals surface area (Å²) in [6, 6.07) is 11.5. The minimum Gasteiger partial charge on any atom is -0.291 e. The lowest BCUT2D eigenvalue weighted by atomic mass is 10.3. The molecule has 4 aromatic rings. The molecule has 0 aliphatic heterocycles. The molecule has 0 radical (unpaired) electrons. The Hall–Kier alpha value is -2.19. The largest absolute Gasteiger partial charge is 0.337 e. The van der Waals surface area contributed by atoms with Crippen LogP contribution >= 0.6 is 45.9 Å². The average molecular weight is 451 g/mol. The summed E-state index contributed by atoms with van der Waals surface area (Å²) in [5, 5.41) is 0.792. The van der Waals surface area contributed by atoms with Crippen molar-refractivity contribution in [2.45, 2.75) is 13.5 Å². The number of nitrogens with zero attached hydrogens (tertiary/aromatic N) is 2. The van der Waals surface area contributed by atoms with Gasteiger partial charge in [-0.2, -0.15) is 0 Å². The van der Waals surface area contributed by atoms with Crippen LogP contribution in [0.3, 0.4) is 0 Å². The normalized spacial score (nSPS) is 11.2. The maximum atomic E-state index is 13.2. The summed E-state index contributed by atoms with van der Waals surface area (Å²) in [6.07, 6.45) is 0. The number of thiophene rings is 2. The van der Waals surface area contributed by atoms with Crippen LogP contribution in [0.1, 0.15) is 14.5 Å². The Morgan fingerprint density at radius 1 is 1.07 bits per heavy atom. The molecule has 0 aliphatic carbocycles. The number of fused-ring (bicyclic) bond motifs is 1. The van der Waals surface area contributed by atoms with Crippen molar-refractivity contribution in [1.82, 2.24) is 9.13 Å². The lowest BCUT2D eigenvalue weighted by Gasteiger charge is -2.11. The van der Waals surface area contributed by atoms with E-state index in [-0.39, 0.29) is 12.3 Å². The number of benzene rings is 1. The lowest BCUT2D eigenvalue weighted by Crippen LogP contribution is -2.39. The van der Waals surface area contributed by atoms with E-state index in [2.05, 4.69) is 0 Å². The molecule has 3 aromatic heterocycles. The lowest BCUT2D eigenvalue weighted by molar-refractivity contribution is 0.0975. The molecule has 0 amide bonds. The van der Waals surface area contributed by atoms with Gasteiger partial charge in [-0.15, -0.1) is 22.7 Å². The second-order valence-corrected chi connectivity index (χ2v) is 9.48. The second kappa shape index (κ2) is 7.33. The van der Waals surface area contributed by atoms with Crippen LogP contribution in [0.5, 0.6) is 0 Å². The molecular formula is C19H12Cl2N2O3S2. The van der Waals surface area contributed by atoms with E-state index in [1.165, 1.54) is 15.9 Å². The van der Waals surface area contributed by atoms with Crippen LogP contribution in [0, 0.1) is 6.92 Å².